The van der Waals surface area contributed by atoms with Crippen LogP contribution in [0.1, 0.15) is 18.4 Å². The van der Waals surface area contributed by atoms with Crippen molar-refractivity contribution in [2.75, 3.05) is 24.5 Å². The highest BCUT2D eigenvalue weighted by atomic mass is 35.5. The molecule has 2 heterocycles. The molecule has 1 aliphatic heterocycles. The number of hydrogen-bond donors (Lipinski definition) is 1. The lowest BCUT2D eigenvalue weighted by Gasteiger charge is -2.31. The number of carbonyl (C=O) groups is 1. The lowest BCUT2D eigenvalue weighted by molar-refractivity contribution is -0.125. The Labute approximate surface area is 147 Å². The van der Waals surface area contributed by atoms with Crippen LogP contribution in [-0.4, -0.2) is 35.5 Å². The minimum Gasteiger partial charge on any atom is -0.355 e. The predicted molar refractivity (Wildman–Crippen MR) is 95.1 cm³/mol. The van der Waals surface area contributed by atoms with Crippen LogP contribution in [0.3, 0.4) is 0 Å². The maximum Gasteiger partial charge on any atom is 0.225 e. The summed E-state index contributed by atoms with van der Waals surface area (Å²) in [6.07, 6.45) is 6.13. The standard InChI is InChI=1S/C18H21ClN4O/c19-16-6-1-4-14(12-16)7-10-20-17(24)15-5-2-11-23(13-15)18-21-8-3-9-22-18/h1,3-4,6,8-9,12,15H,2,5,7,10-11,13H2,(H,20,24). The predicted octanol–water partition coefficient (Wildman–Crippen LogP) is 2.71. The van der Waals surface area contributed by atoms with Crippen molar-refractivity contribution in [2.45, 2.75) is 19.3 Å². The minimum absolute atomic E-state index is 0.0121. The molecule has 1 amide bonds. The molecule has 1 fully saturated rings. The second kappa shape index (κ2) is 8.11. The van der Waals surface area contributed by atoms with Crippen molar-refractivity contribution >= 4 is 23.5 Å². The first-order valence-electron chi connectivity index (χ1n) is 8.26. The molecule has 3 rings (SSSR count). The van der Waals surface area contributed by atoms with Gasteiger partial charge in [0.05, 0.1) is 5.92 Å². The van der Waals surface area contributed by atoms with Gasteiger partial charge in [0, 0.05) is 37.1 Å². The third-order valence-electron chi connectivity index (χ3n) is 4.23. The van der Waals surface area contributed by atoms with Crippen molar-refractivity contribution in [3.8, 4) is 0 Å². The first-order chi connectivity index (χ1) is 11.7. The van der Waals surface area contributed by atoms with Crippen molar-refractivity contribution in [3.63, 3.8) is 0 Å². The number of amides is 1. The van der Waals surface area contributed by atoms with Crippen molar-refractivity contribution in [3.05, 3.63) is 53.3 Å². The largest absolute Gasteiger partial charge is 0.355 e. The van der Waals surface area contributed by atoms with Crippen LogP contribution < -0.4 is 10.2 Å². The van der Waals surface area contributed by atoms with Crippen LogP contribution in [0.25, 0.3) is 0 Å². The topological polar surface area (TPSA) is 58.1 Å². The zero-order chi connectivity index (χ0) is 16.8. The Bertz CT molecular complexity index is 680. The van der Waals surface area contributed by atoms with Crippen LogP contribution in [-0.2, 0) is 11.2 Å². The molecule has 0 radical (unpaired) electrons. The summed E-state index contributed by atoms with van der Waals surface area (Å²) < 4.78 is 0. The Kier molecular flexibility index (Phi) is 5.64. The number of anilines is 1. The quantitative estimate of drug-likeness (QED) is 0.906. The zero-order valence-electron chi connectivity index (χ0n) is 13.5. The summed E-state index contributed by atoms with van der Waals surface area (Å²) >= 11 is 5.98. The van der Waals surface area contributed by atoms with Gasteiger partial charge in [-0.05, 0) is 43.0 Å². The normalized spacial score (nSPS) is 17.5. The highest BCUT2D eigenvalue weighted by Gasteiger charge is 2.26. The molecule has 0 saturated carbocycles. The number of aromatic nitrogens is 2. The molecular formula is C18H21ClN4O. The number of carbonyl (C=O) groups excluding carboxylic acids is 1. The number of nitrogens with one attached hydrogen (secondary N) is 1. The fraction of sp³-hybridized carbons (Fsp3) is 0.389. The zero-order valence-corrected chi connectivity index (χ0v) is 14.2. The number of halogens is 1. The van der Waals surface area contributed by atoms with E-state index in [1.165, 1.54) is 0 Å². The van der Waals surface area contributed by atoms with Crippen LogP contribution in [0.4, 0.5) is 5.95 Å². The first-order valence-corrected chi connectivity index (χ1v) is 8.64. The molecule has 1 N–H and O–H groups in total. The van der Waals surface area contributed by atoms with E-state index >= 15 is 0 Å². The van der Waals surface area contributed by atoms with Gasteiger partial charge in [-0.1, -0.05) is 23.7 Å². The SMILES string of the molecule is O=C(NCCc1cccc(Cl)c1)C1CCCN(c2ncccn2)C1. The van der Waals surface area contributed by atoms with E-state index < -0.39 is 0 Å². The maximum atomic E-state index is 12.4. The number of nitrogens with zero attached hydrogens (tertiary/aromatic N) is 3. The second-order valence-electron chi connectivity index (χ2n) is 6.00. The Morgan fingerprint density at radius 1 is 1.29 bits per heavy atom. The molecule has 1 aromatic carbocycles. The second-order valence-corrected chi connectivity index (χ2v) is 6.44. The molecule has 6 heteroatoms. The molecule has 0 aliphatic carbocycles. The van der Waals surface area contributed by atoms with Crippen LogP contribution >= 0.6 is 11.6 Å². The summed E-state index contributed by atoms with van der Waals surface area (Å²) in [5.74, 6) is 0.800. The van der Waals surface area contributed by atoms with E-state index in [9.17, 15) is 4.79 Å². The third kappa shape index (κ3) is 4.45. The number of piperidine rings is 1. The minimum atomic E-state index is -0.0121. The summed E-state index contributed by atoms with van der Waals surface area (Å²) in [7, 11) is 0. The van der Waals surface area contributed by atoms with Crippen LogP contribution in [0.5, 0.6) is 0 Å². The lowest BCUT2D eigenvalue weighted by atomic mass is 9.97. The smallest absolute Gasteiger partial charge is 0.225 e. The van der Waals surface area contributed by atoms with Gasteiger partial charge in [-0.2, -0.15) is 0 Å². The van der Waals surface area contributed by atoms with E-state index in [1.807, 2.05) is 24.3 Å². The summed E-state index contributed by atoms with van der Waals surface area (Å²) in [6.45, 7) is 2.20. The summed E-state index contributed by atoms with van der Waals surface area (Å²) in [5.41, 5.74) is 1.13. The summed E-state index contributed by atoms with van der Waals surface area (Å²) in [6, 6.07) is 9.54. The lowest BCUT2D eigenvalue weighted by Crippen LogP contribution is -2.44. The highest BCUT2D eigenvalue weighted by molar-refractivity contribution is 6.30. The molecule has 24 heavy (non-hydrogen) atoms. The number of rotatable bonds is 5. The van der Waals surface area contributed by atoms with E-state index in [2.05, 4.69) is 20.2 Å². The molecular weight excluding hydrogens is 324 g/mol. The van der Waals surface area contributed by atoms with Crippen LogP contribution in [0, 0.1) is 5.92 Å². The summed E-state index contributed by atoms with van der Waals surface area (Å²) in [5, 5.41) is 3.77. The van der Waals surface area contributed by atoms with Crippen LogP contribution in [0.2, 0.25) is 5.02 Å². The molecule has 1 saturated heterocycles. The van der Waals surface area contributed by atoms with Gasteiger partial charge in [0.15, 0.2) is 0 Å². The van der Waals surface area contributed by atoms with Gasteiger partial charge in [-0.25, -0.2) is 9.97 Å². The molecule has 1 unspecified atom stereocenters. The van der Waals surface area contributed by atoms with E-state index in [1.54, 1.807) is 18.5 Å². The molecule has 1 atom stereocenters. The van der Waals surface area contributed by atoms with E-state index in [0.717, 1.165) is 36.4 Å². The van der Waals surface area contributed by atoms with Crippen molar-refractivity contribution < 1.29 is 4.79 Å². The van der Waals surface area contributed by atoms with Gasteiger partial charge in [0.2, 0.25) is 11.9 Å². The van der Waals surface area contributed by atoms with Crippen LogP contribution in [0.15, 0.2) is 42.7 Å². The molecule has 1 aliphatic rings. The van der Waals surface area contributed by atoms with E-state index in [0.29, 0.717) is 19.0 Å². The van der Waals surface area contributed by atoms with E-state index in [-0.39, 0.29) is 11.8 Å². The molecule has 0 spiro atoms. The fourth-order valence-electron chi connectivity index (χ4n) is 2.99. The van der Waals surface area contributed by atoms with Crippen molar-refractivity contribution in [1.29, 1.82) is 0 Å². The van der Waals surface area contributed by atoms with Gasteiger partial charge in [0.1, 0.15) is 0 Å². The van der Waals surface area contributed by atoms with Gasteiger partial charge in [-0.3, -0.25) is 4.79 Å². The van der Waals surface area contributed by atoms with Gasteiger partial charge in [0.25, 0.3) is 0 Å². The van der Waals surface area contributed by atoms with Gasteiger partial charge >= 0.3 is 0 Å². The summed E-state index contributed by atoms with van der Waals surface area (Å²) in [4.78, 5) is 23.1. The molecule has 5 nitrogen and oxygen atoms in total. The Morgan fingerprint density at radius 3 is 2.92 bits per heavy atom. The molecule has 1 aromatic heterocycles. The fourth-order valence-corrected chi connectivity index (χ4v) is 3.21. The van der Waals surface area contributed by atoms with Gasteiger partial charge in [-0.15, -0.1) is 0 Å². The van der Waals surface area contributed by atoms with Crippen molar-refractivity contribution in [1.82, 2.24) is 15.3 Å². The third-order valence-corrected chi connectivity index (χ3v) is 4.46. The molecule has 2 aromatic rings. The Morgan fingerprint density at radius 2 is 2.12 bits per heavy atom. The van der Waals surface area contributed by atoms with Crippen molar-refractivity contribution in [2.24, 2.45) is 5.92 Å². The number of hydrogen-bond acceptors (Lipinski definition) is 4. The Hall–Kier alpha value is -2.14. The molecule has 0 bridgehead atoms. The maximum absolute atomic E-state index is 12.4. The highest BCUT2D eigenvalue weighted by Crippen LogP contribution is 2.20. The Balaban J connectivity index is 1.49. The first kappa shape index (κ1) is 16.7. The average molecular weight is 345 g/mol. The van der Waals surface area contributed by atoms with E-state index in [4.69, 9.17) is 11.6 Å². The average Bonchev–Trinajstić information content (AvgIpc) is 2.62. The number of benzene rings is 1. The molecule has 126 valence electrons. The van der Waals surface area contributed by atoms with Gasteiger partial charge < -0.3 is 10.2 Å². The monoisotopic (exact) mass is 344 g/mol.